The summed E-state index contributed by atoms with van der Waals surface area (Å²) in [5.41, 5.74) is 0. The van der Waals surface area contributed by atoms with Crippen LogP contribution in [-0.2, 0) is 29.5 Å². The van der Waals surface area contributed by atoms with Crippen molar-refractivity contribution in [1.29, 1.82) is 0 Å². The lowest BCUT2D eigenvalue weighted by molar-refractivity contribution is 0.526. The van der Waals surface area contributed by atoms with E-state index in [1.165, 1.54) is 0 Å². The predicted molar refractivity (Wildman–Crippen MR) is 128 cm³/mol. The largest absolute Gasteiger partial charge is 0.357 e. The molecule has 0 radical (unpaired) electrons. The molecule has 3 saturated heterocycles. The van der Waals surface area contributed by atoms with Crippen LogP contribution >= 0.6 is 47.6 Å². The lowest BCUT2D eigenvalue weighted by Crippen LogP contribution is -2.57. The number of nitrogens with one attached hydrogen (secondary N) is 4. The Morgan fingerprint density at radius 2 is 0.806 bits per heavy atom. The smallest absolute Gasteiger partial charge is 0.166 e. The van der Waals surface area contributed by atoms with E-state index in [1.807, 2.05) is 0 Å². The van der Waals surface area contributed by atoms with Gasteiger partial charge in [-0.05, 0) is 24.4 Å². The molecule has 0 aliphatic carbocycles. The van der Waals surface area contributed by atoms with E-state index >= 15 is 0 Å². The van der Waals surface area contributed by atoms with Crippen LogP contribution in [0.2, 0.25) is 0 Å². The summed E-state index contributed by atoms with van der Waals surface area (Å²) in [6, 6.07) is -2.45. The highest BCUT2D eigenvalue weighted by atomic mass is 35.5. The summed E-state index contributed by atoms with van der Waals surface area (Å²) in [6.45, 7) is 0. The summed E-state index contributed by atoms with van der Waals surface area (Å²) in [4.78, 5) is 0. The second-order valence-corrected chi connectivity index (χ2v) is 16.3. The molecule has 0 amide bonds. The summed E-state index contributed by atoms with van der Waals surface area (Å²) < 4.78 is 71.1. The monoisotopic (exact) mass is 572 g/mol. The topological polar surface area (TPSA) is 151 Å². The van der Waals surface area contributed by atoms with Crippen LogP contribution in [0.5, 0.6) is 0 Å². The number of thiocarbonyl (C=S) groups is 2. The van der Waals surface area contributed by atoms with Crippen molar-refractivity contribution in [2.75, 3.05) is 34.5 Å². The number of rotatable bonds is 4. The predicted octanol–water partition coefficient (Wildman–Crippen LogP) is -2.11. The van der Waals surface area contributed by atoms with Gasteiger partial charge in [0.05, 0.1) is 69.4 Å². The molecule has 0 saturated carbocycles. The summed E-state index contributed by atoms with van der Waals surface area (Å²) in [7, 11) is -9.91. The third-order valence-electron chi connectivity index (χ3n) is 5.19. The van der Waals surface area contributed by atoms with E-state index in [0.29, 0.717) is 0 Å². The molecule has 3 fully saturated rings. The van der Waals surface area contributed by atoms with E-state index in [0.717, 1.165) is 0 Å². The van der Waals surface area contributed by atoms with Crippen molar-refractivity contribution in [2.45, 2.75) is 34.9 Å². The second kappa shape index (κ2) is 9.22. The molecule has 17 heteroatoms. The minimum Gasteiger partial charge on any atom is -0.357 e. The molecule has 10 nitrogen and oxygen atoms in total. The van der Waals surface area contributed by atoms with Crippen molar-refractivity contribution in [3.05, 3.63) is 0 Å². The van der Waals surface area contributed by atoms with Gasteiger partial charge in [-0.15, -0.1) is 23.2 Å². The Morgan fingerprint density at radius 3 is 1.10 bits per heavy atom. The van der Waals surface area contributed by atoms with Crippen LogP contribution in [0, 0.1) is 0 Å². The van der Waals surface area contributed by atoms with Gasteiger partial charge in [-0.2, -0.15) is 0 Å². The molecule has 6 atom stereocenters. The zero-order valence-corrected chi connectivity index (χ0v) is 21.5. The Bertz CT molecular complexity index is 989. The van der Waals surface area contributed by atoms with Crippen LogP contribution in [0.1, 0.15) is 0 Å². The van der Waals surface area contributed by atoms with Crippen LogP contribution < -0.4 is 21.3 Å². The van der Waals surface area contributed by atoms with E-state index in [1.54, 1.807) is 0 Å². The van der Waals surface area contributed by atoms with Crippen LogP contribution in [0.4, 0.5) is 0 Å². The standard InChI is InChI=1S/C14H22Cl2N4O6S5/c15-7-1-29(21,22)3-9(7)17-13(27)19-11-5-31(25,26)6-12(11)20-14(28)18-10-4-30(23,24)2-8(10)16/h7-12H,1-6H2,(H2,17,19,27)(H2,18,20,28). The molecule has 3 heterocycles. The molecular weight excluding hydrogens is 551 g/mol. The van der Waals surface area contributed by atoms with Crippen LogP contribution in [0.15, 0.2) is 0 Å². The highest BCUT2D eigenvalue weighted by Gasteiger charge is 2.41. The first kappa shape index (κ1) is 25.4. The van der Waals surface area contributed by atoms with Gasteiger partial charge in [0.15, 0.2) is 39.7 Å². The molecule has 0 bridgehead atoms. The molecule has 3 aliphatic heterocycles. The van der Waals surface area contributed by atoms with Gasteiger partial charge in [-0.1, -0.05) is 0 Å². The maximum absolute atomic E-state index is 12.2. The van der Waals surface area contributed by atoms with E-state index in [4.69, 9.17) is 47.6 Å². The van der Waals surface area contributed by atoms with Crippen molar-refractivity contribution in [2.24, 2.45) is 0 Å². The number of halogens is 2. The number of hydrogen-bond donors (Lipinski definition) is 4. The molecular formula is C14H22Cl2N4O6S5. The fourth-order valence-electron chi connectivity index (χ4n) is 3.76. The number of sulfone groups is 3. The summed E-state index contributed by atoms with van der Waals surface area (Å²) in [6.07, 6.45) is 0. The summed E-state index contributed by atoms with van der Waals surface area (Å²) in [5.74, 6) is -1.06. The summed E-state index contributed by atoms with van der Waals surface area (Å²) in [5, 5.41) is 10.4. The van der Waals surface area contributed by atoms with Crippen LogP contribution in [-0.4, -0.2) is 105 Å². The normalized spacial score (nSPS) is 37.7. The Hall–Kier alpha value is -0.190. The van der Waals surface area contributed by atoms with Gasteiger partial charge in [0.25, 0.3) is 0 Å². The minimum atomic E-state index is -3.39. The molecule has 3 aliphatic rings. The fraction of sp³-hybridized carbons (Fsp3) is 0.857. The van der Waals surface area contributed by atoms with Crippen molar-refractivity contribution in [3.8, 4) is 0 Å². The molecule has 3 rings (SSSR count). The fourth-order valence-corrected chi connectivity index (χ4v) is 11.3. The number of hydrogen-bond acceptors (Lipinski definition) is 8. The molecule has 0 aromatic heterocycles. The van der Waals surface area contributed by atoms with Crippen molar-refractivity contribution in [3.63, 3.8) is 0 Å². The zero-order valence-electron chi connectivity index (χ0n) is 16.0. The van der Waals surface area contributed by atoms with E-state index in [2.05, 4.69) is 21.3 Å². The second-order valence-electron chi connectivity index (χ2n) is 7.92. The first-order chi connectivity index (χ1) is 14.1. The maximum Gasteiger partial charge on any atom is 0.166 e. The molecule has 178 valence electrons. The Labute approximate surface area is 202 Å². The van der Waals surface area contributed by atoms with Crippen molar-refractivity contribution >= 4 is 87.4 Å². The van der Waals surface area contributed by atoms with Gasteiger partial charge >= 0.3 is 0 Å². The quantitative estimate of drug-likeness (QED) is 0.215. The van der Waals surface area contributed by atoms with Gasteiger partial charge in [0, 0.05) is 0 Å². The van der Waals surface area contributed by atoms with E-state index < -0.39 is 64.4 Å². The van der Waals surface area contributed by atoms with Crippen LogP contribution in [0.3, 0.4) is 0 Å². The number of alkyl halides is 2. The Balaban J connectivity index is 1.58. The maximum atomic E-state index is 12.2. The SMILES string of the molecule is O=S1(=O)CC(Cl)C(NC(=S)NC2CS(=O)(=O)CC2NC(=S)NC2CS(=O)(=O)CC2Cl)C1. The molecule has 0 aromatic rings. The lowest BCUT2D eigenvalue weighted by Gasteiger charge is -2.26. The Morgan fingerprint density at radius 1 is 0.548 bits per heavy atom. The van der Waals surface area contributed by atoms with Gasteiger partial charge in [0.1, 0.15) is 0 Å². The van der Waals surface area contributed by atoms with Gasteiger partial charge in [-0.3, -0.25) is 0 Å². The molecule has 31 heavy (non-hydrogen) atoms. The Kier molecular flexibility index (Phi) is 7.56. The highest BCUT2D eigenvalue weighted by Crippen LogP contribution is 2.20. The first-order valence-electron chi connectivity index (χ1n) is 9.18. The molecule has 6 unspecified atom stereocenters. The van der Waals surface area contributed by atoms with Crippen LogP contribution in [0.25, 0.3) is 0 Å². The third kappa shape index (κ3) is 6.90. The summed E-state index contributed by atoms with van der Waals surface area (Å²) >= 11 is 22.6. The van der Waals surface area contributed by atoms with Gasteiger partial charge in [-0.25, -0.2) is 25.3 Å². The highest BCUT2D eigenvalue weighted by molar-refractivity contribution is 7.92. The van der Waals surface area contributed by atoms with E-state index in [9.17, 15) is 25.3 Å². The van der Waals surface area contributed by atoms with Crippen molar-refractivity contribution < 1.29 is 25.3 Å². The zero-order chi connectivity index (χ0) is 23.2. The van der Waals surface area contributed by atoms with Crippen molar-refractivity contribution in [1.82, 2.24) is 21.3 Å². The minimum absolute atomic E-state index is 0.0863. The first-order valence-corrected chi connectivity index (χ1v) is 16.3. The average molecular weight is 574 g/mol. The third-order valence-corrected chi connectivity index (χ3v) is 12.1. The molecule has 0 spiro atoms. The van der Waals surface area contributed by atoms with Gasteiger partial charge in [0.2, 0.25) is 0 Å². The molecule has 4 N–H and O–H groups in total. The average Bonchev–Trinajstić information content (AvgIpc) is 3.09. The van der Waals surface area contributed by atoms with Gasteiger partial charge < -0.3 is 21.3 Å². The van der Waals surface area contributed by atoms with E-state index in [-0.39, 0.29) is 44.7 Å². The molecule has 0 aromatic carbocycles. The lowest BCUT2D eigenvalue weighted by atomic mass is 10.2.